The van der Waals surface area contributed by atoms with E-state index in [2.05, 4.69) is 0 Å². The van der Waals surface area contributed by atoms with Crippen molar-refractivity contribution < 1.29 is 24.2 Å². The highest BCUT2D eigenvalue weighted by molar-refractivity contribution is 5.97. The van der Waals surface area contributed by atoms with Crippen LogP contribution >= 0.6 is 0 Å². The molecule has 3 N–H and O–H groups in total. The number of carboxylic acid groups (broad SMARTS) is 1. The van der Waals surface area contributed by atoms with Crippen LogP contribution in [0.5, 0.6) is 5.75 Å². The van der Waals surface area contributed by atoms with Crippen LogP contribution in [-0.4, -0.2) is 22.8 Å². The number of anilines is 1. The number of esters is 1. The molecule has 0 aliphatic heterocycles. The second-order valence-corrected chi connectivity index (χ2v) is 3.41. The first kappa shape index (κ1) is 12.7. The number of hydrogen-bond acceptors (Lipinski definition) is 5. The first-order valence-corrected chi connectivity index (χ1v) is 4.73. The summed E-state index contributed by atoms with van der Waals surface area (Å²) in [6, 6.07) is 3.86. The van der Waals surface area contributed by atoms with Gasteiger partial charge in [0, 0.05) is 5.69 Å². The number of hydrogen-bond donors (Lipinski definition) is 2. The van der Waals surface area contributed by atoms with Crippen LogP contribution in [0.3, 0.4) is 0 Å². The monoisotopic (exact) mass is 237 g/mol. The standard InChI is InChI=1S/C11H11NO5/c1-6(13)4-10(14)17-9-3-2-7(12)5-8(9)11(15)16/h2-3,5H,4,12H2,1H3,(H,15,16). The smallest absolute Gasteiger partial charge is 0.339 e. The second-order valence-electron chi connectivity index (χ2n) is 3.41. The summed E-state index contributed by atoms with van der Waals surface area (Å²) in [7, 11) is 0. The number of nitrogens with two attached hydrogens (primary N) is 1. The Bertz CT molecular complexity index is 481. The number of carboxylic acids is 1. The lowest BCUT2D eigenvalue weighted by Crippen LogP contribution is -2.14. The number of carbonyl (C=O) groups is 3. The molecule has 0 aliphatic carbocycles. The second kappa shape index (κ2) is 5.11. The van der Waals surface area contributed by atoms with Crippen LogP contribution < -0.4 is 10.5 Å². The van der Waals surface area contributed by atoms with Gasteiger partial charge >= 0.3 is 11.9 Å². The maximum absolute atomic E-state index is 11.2. The van der Waals surface area contributed by atoms with Crippen LogP contribution in [0.1, 0.15) is 23.7 Å². The summed E-state index contributed by atoms with van der Waals surface area (Å²) in [4.78, 5) is 32.8. The van der Waals surface area contributed by atoms with Gasteiger partial charge in [0.2, 0.25) is 0 Å². The number of rotatable bonds is 4. The number of ketones is 1. The van der Waals surface area contributed by atoms with E-state index in [4.69, 9.17) is 15.6 Å². The van der Waals surface area contributed by atoms with Crippen molar-refractivity contribution in [1.29, 1.82) is 0 Å². The summed E-state index contributed by atoms with van der Waals surface area (Å²) in [5.41, 5.74) is 5.44. The average molecular weight is 237 g/mol. The maximum Gasteiger partial charge on any atom is 0.339 e. The lowest BCUT2D eigenvalue weighted by atomic mass is 10.2. The van der Waals surface area contributed by atoms with Crippen molar-refractivity contribution in [2.75, 3.05) is 5.73 Å². The van der Waals surface area contributed by atoms with Crippen molar-refractivity contribution in [2.45, 2.75) is 13.3 Å². The van der Waals surface area contributed by atoms with Gasteiger partial charge in [-0.3, -0.25) is 9.59 Å². The Morgan fingerprint density at radius 3 is 2.53 bits per heavy atom. The van der Waals surface area contributed by atoms with Crippen molar-refractivity contribution in [2.24, 2.45) is 0 Å². The molecule has 90 valence electrons. The van der Waals surface area contributed by atoms with E-state index in [0.717, 1.165) is 0 Å². The first-order chi connectivity index (χ1) is 7.90. The van der Waals surface area contributed by atoms with Crippen LogP contribution in [0.25, 0.3) is 0 Å². The van der Waals surface area contributed by atoms with Gasteiger partial charge in [0.1, 0.15) is 23.5 Å². The number of benzene rings is 1. The summed E-state index contributed by atoms with van der Waals surface area (Å²) in [5.74, 6) is -2.55. The quantitative estimate of drug-likeness (QED) is 0.348. The summed E-state index contributed by atoms with van der Waals surface area (Å²) >= 11 is 0. The highest BCUT2D eigenvalue weighted by Crippen LogP contribution is 2.21. The number of carbonyl (C=O) groups excluding carboxylic acids is 2. The van der Waals surface area contributed by atoms with Gasteiger partial charge in [-0.2, -0.15) is 0 Å². The molecule has 6 nitrogen and oxygen atoms in total. The molecule has 0 saturated carbocycles. The van der Waals surface area contributed by atoms with Gasteiger partial charge in [-0.25, -0.2) is 4.79 Å². The zero-order valence-electron chi connectivity index (χ0n) is 9.10. The summed E-state index contributed by atoms with van der Waals surface area (Å²) < 4.78 is 4.78. The van der Waals surface area contributed by atoms with E-state index in [1.165, 1.54) is 25.1 Å². The van der Waals surface area contributed by atoms with E-state index in [9.17, 15) is 14.4 Å². The lowest BCUT2D eigenvalue weighted by molar-refractivity contribution is -0.137. The number of nitrogen functional groups attached to an aromatic ring is 1. The van der Waals surface area contributed by atoms with Gasteiger partial charge < -0.3 is 15.6 Å². The lowest BCUT2D eigenvalue weighted by Gasteiger charge is -2.07. The van der Waals surface area contributed by atoms with Gasteiger partial charge in [-0.15, -0.1) is 0 Å². The molecular formula is C11H11NO5. The van der Waals surface area contributed by atoms with Crippen LogP contribution in [0.2, 0.25) is 0 Å². The molecule has 6 heteroatoms. The fraction of sp³-hybridized carbons (Fsp3) is 0.182. The molecular weight excluding hydrogens is 226 g/mol. The molecule has 0 fully saturated rings. The van der Waals surface area contributed by atoms with Crippen molar-refractivity contribution in [3.63, 3.8) is 0 Å². The van der Waals surface area contributed by atoms with Gasteiger partial charge in [0.15, 0.2) is 0 Å². The molecule has 0 aliphatic rings. The van der Waals surface area contributed by atoms with Crippen molar-refractivity contribution >= 4 is 23.4 Å². The molecule has 0 saturated heterocycles. The third-order valence-electron chi connectivity index (χ3n) is 1.85. The third-order valence-corrected chi connectivity index (χ3v) is 1.85. The van der Waals surface area contributed by atoms with Crippen LogP contribution in [0, 0.1) is 0 Å². The Labute approximate surface area is 97.0 Å². The fourth-order valence-corrected chi connectivity index (χ4v) is 1.17. The summed E-state index contributed by atoms with van der Waals surface area (Å²) in [5, 5.41) is 8.87. The normalized spacial score (nSPS) is 9.71. The Morgan fingerprint density at radius 1 is 1.35 bits per heavy atom. The van der Waals surface area contributed by atoms with E-state index in [1.54, 1.807) is 0 Å². The zero-order chi connectivity index (χ0) is 13.0. The highest BCUT2D eigenvalue weighted by atomic mass is 16.5. The Kier molecular flexibility index (Phi) is 3.82. The molecule has 0 radical (unpaired) electrons. The molecule has 1 rings (SSSR count). The van der Waals surface area contributed by atoms with Crippen LogP contribution in [-0.2, 0) is 9.59 Å². The van der Waals surface area contributed by atoms with Gasteiger partial charge in [-0.05, 0) is 25.1 Å². The molecule has 0 aromatic heterocycles. The summed E-state index contributed by atoms with van der Waals surface area (Å²) in [6.45, 7) is 1.24. The fourth-order valence-electron chi connectivity index (χ4n) is 1.17. The molecule has 17 heavy (non-hydrogen) atoms. The number of aromatic carboxylic acids is 1. The van der Waals surface area contributed by atoms with E-state index < -0.39 is 18.4 Å². The average Bonchev–Trinajstić information content (AvgIpc) is 2.19. The van der Waals surface area contributed by atoms with E-state index in [0.29, 0.717) is 0 Å². The summed E-state index contributed by atoms with van der Waals surface area (Å²) in [6.07, 6.45) is -0.399. The Morgan fingerprint density at radius 2 is 2.00 bits per heavy atom. The number of ether oxygens (including phenoxy) is 1. The topological polar surface area (TPSA) is 107 Å². The SMILES string of the molecule is CC(=O)CC(=O)Oc1ccc(N)cc1C(=O)O. The third kappa shape index (κ3) is 3.60. The molecule has 1 aromatic rings. The van der Waals surface area contributed by atoms with Gasteiger partial charge in [0.05, 0.1) is 0 Å². The van der Waals surface area contributed by atoms with Crippen molar-refractivity contribution in [1.82, 2.24) is 0 Å². The van der Waals surface area contributed by atoms with Gasteiger partial charge in [0.25, 0.3) is 0 Å². The Balaban J connectivity index is 2.94. The van der Waals surface area contributed by atoms with E-state index in [-0.39, 0.29) is 22.8 Å². The minimum absolute atomic E-state index is 0.127. The van der Waals surface area contributed by atoms with Crippen molar-refractivity contribution in [3.05, 3.63) is 23.8 Å². The van der Waals surface area contributed by atoms with E-state index >= 15 is 0 Å². The molecule has 0 amide bonds. The van der Waals surface area contributed by atoms with Crippen molar-refractivity contribution in [3.8, 4) is 5.75 Å². The van der Waals surface area contributed by atoms with Crippen LogP contribution in [0.15, 0.2) is 18.2 Å². The molecule has 1 aromatic carbocycles. The van der Waals surface area contributed by atoms with Gasteiger partial charge in [-0.1, -0.05) is 0 Å². The molecule has 0 heterocycles. The minimum atomic E-state index is -1.26. The highest BCUT2D eigenvalue weighted by Gasteiger charge is 2.15. The molecule has 0 bridgehead atoms. The van der Waals surface area contributed by atoms with Crippen LogP contribution in [0.4, 0.5) is 5.69 Å². The first-order valence-electron chi connectivity index (χ1n) is 4.73. The molecule has 0 unspecified atom stereocenters. The number of Topliss-reactive ketones (excluding diaryl/α,β-unsaturated/α-hetero) is 1. The van der Waals surface area contributed by atoms with E-state index in [1.807, 2.05) is 0 Å². The minimum Gasteiger partial charge on any atom is -0.478 e. The predicted molar refractivity (Wildman–Crippen MR) is 58.7 cm³/mol. The Hall–Kier alpha value is -2.37. The largest absolute Gasteiger partial charge is 0.478 e. The molecule has 0 spiro atoms. The predicted octanol–water partition coefficient (Wildman–Crippen LogP) is 0.852. The zero-order valence-corrected chi connectivity index (χ0v) is 9.10. The molecule has 0 atom stereocenters. The maximum atomic E-state index is 11.2.